The second kappa shape index (κ2) is 6.24. The highest BCUT2D eigenvalue weighted by Crippen LogP contribution is 2.24. The lowest BCUT2D eigenvalue weighted by Gasteiger charge is -2.29. The molecule has 1 fully saturated rings. The van der Waals surface area contributed by atoms with Crippen LogP contribution in [0.3, 0.4) is 0 Å². The van der Waals surface area contributed by atoms with Gasteiger partial charge in [0.1, 0.15) is 0 Å². The fourth-order valence-electron chi connectivity index (χ4n) is 3.00. The fourth-order valence-corrected chi connectivity index (χ4v) is 3.00. The highest BCUT2D eigenvalue weighted by atomic mass is 15.2. The van der Waals surface area contributed by atoms with Crippen molar-refractivity contribution in [2.75, 3.05) is 12.3 Å². The Bertz CT molecular complexity index is 387. The van der Waals surface area contributed by atoms with E-state index in [1.54, 1.807) is 0 Å². The van der Waals surface area contributed by atoms with E-state index in [-0.39, 0.29) is 0 Å². The minimum Gasteiger partial charge on any atom is -0.399 e. The van der Waals surface area contributed by atoms with Gasteiger partial charge in [-0.05, 0) is 49.9 Å². The first kappa shape index (κ1) is 13.4. The number of rotatable bonds is 3. The summed E-state index contributed by atoms with van der Waals surface area (Å²) in [5.74, 6) is 0. The zero-order chi connectivity index (χ0) is 13.0. The molecule has 1 aromatic rings. The lowest BCUT2D eigenvalue weighted by atomic mass is 10.0. The number of likely N-dealkylation sites (tertiary alicyclic amines) is 1. The van der Waals surface area contributed by atoms with Gasteiger partial charge in [-0.3, -0.25) is 4.90 Å². The minimum atomic E-state index is 0.758. The number of anilines is 1. The highest BCUT2D eigenvalue weighted by molar-refractivity contribution is 5.49. The second-order valence-corrected chi connectivity index (χ2v) is 5.51. The van der Waals surface area contributed by atoms with Gasteiger partial charge in [-0.1, -0.05) is 31.9 Å². The number of nitrogens with two attached hydrogens (primary N) is 1. The van der Waals surface area contributed by atoms with Crippen LogP contribution in [-0.4, -0.2) is 17.5 Å². The Labute approximate surface area is 111 Å². The lowest BCUT2D eigenvalue weighted by Crippen LogP contribution is -2.34. The molecular formula is C16H26N2. The van der Waals surface area contributed by atoms with Gasteiger partial charge in [0.05, 0.1) is 0 Å². The topological polar surface area (TPSA) is 29.3 Å². The number of nitrogen functional groups attached to an aromatic ring is 1. The third-order valence-corrected chi connectivity index (χ3v) is 4.33. The molecule has 1 aromatic carbocycles. The van der Waals surface area contributed by atoms with Crippen LogP contribution < -0.4 is 5.73 Å². The summed E-state index contributed by atoms with van der Waals surface area (Å²) in [5.41, 5.74) is 9.59. The predicted molar refractivity (Wildman–Crippen MR) is 78.5 cm³/mol. The lowest BCUT2D eigenvalue weighted by molar-refractivity contribution is 0.186. The Morgan fingerprint density at radius 3 is 2.89 bits per heavy atom. The molecule has 1 unspecified atom stereocenters. The van der Waals surface area contributed by atoms with Crippen LogP contribution in [0.2, 0.25) is 0 Å². The van der Waals surface area contributed by atoms with Crippen molar-refractivity contribution in [2.24, 2.45) is 0 Å². The average Bonchev–Trinajstić information content (AvgIpc) is 2.60. The summed E-state index contributed by atoms with van der Waals surface area (Å²) in [4.78, 5) is 2.66. The molecule has 2 N–H and O–H groups in total. The van der Waals surface area contributed by atoms with Crippen LogP contribution >= 0.6 is 0 Å². The summed E-state index contributed by atoms with van der Waals surface area (Å²) in [7, 11) is 0. The molecule has 1 aliphatic heterocycles. The predicted octanol–water partition coefficient (Wildman–Crippen LogP) is 3.73. The van der Waals surface area contributed by atoms with Gasteiger partial charge < -0.3 is 5.73 Å². The zero-order valence-electron chi connectivity index (χ0n) is 11.8. The molecule has 1 heterocycles. The van der Waals surface area contributed by atoms with E-state index in [0.29, 0.717) is 0 Å². The van der Waals surface area contributed by atoms with Gasteiger partial charge in [-0.2, -0.15) is 0 Å². The average molecular weight is 246 g/mol. The molecule has 0 bridgehead atoms. The Morgan fingerprint density at radius 2 is 2.11 bits per heavy atom. The largest absolute Gasteiger partial charge is 0.399 e. The molecule has 0 spiro atoms. The number of benzene rings is 1. The molecule has 0 saturated carbocycles. The van der Waals surface area contributed by atoms with Gasteiger partial charge in [-0.15, -0.1) is 0 Å². The third-order valence-electron chi connectivity index (χ3n) is 4.33. The van der Waals surface area contributed by atoms with Crippen LogP contribution in [0, 0.1) is 6.92 Å². The van der Waals surface area contributed by atoms with E-state index in [1.165, 1.54) is 49.8 Å². The van der Waals surface area contributed by atoms with Gasteiger partial charge in [0.25, 0.3) is 0 Å². The summed E-state index contributed by atoms with van der Waals surface area (Å²) in [6.07, 6.45) is 6.75. The van der Waals surface area contributed by atoms with E-state index in [1.807, 2.05) is 6.07 Å². The first-order chi connectivity index (χ1) is 8.72. The highest BCUT2D eigenvalue weighted by Gasteiger charge is 2.20. The summed E-state index contributed by atoms with van der Waals surface area (Å²) < 4.78 is 0. The Kier molecular flexibility index (Phi) is 4.65. The van der Waals surface area contributed by atoms with Crippen LogP contribution in [-0.2, 0) is 6.54 Å². The molecule has 1 aliphatic rings. The second-order valence-electron chi connectivity index (χ2n) is 5.51. The van der Waals surface area contributed by atoms with E-state index >= 15 is 0 Å². The summed E-state index contributed by atoms with van der Waals surface area (Å²) in [6.45, 7) is 6.76. The van der Waals surface area contributed by atoms with Gasteiger partial charge in [0.2, 0.25) is 0 Å². The summed E-state index contributed by atoms with van der Waals surface area (Å²) in [5, 5.41) is 0. The van der Waals surface area contributed by atoms with Gasteiger partial charge >= 0.3 is 0 Å². The molecule has 2 heteroatoms. The van der Waals surface area contributed by atoms with Crippen LogP contribution in [0.5, 0.6) is 0 Å². The van der Waals surface area contributed by atoms with Crippen molar-refractivity contribution in [3.63, 3.8) is 0 Å². The molecular weight excluding hydrogens is 220 g/mol. The maximum atomic E-state index is 6.01. The number of hydrogen-bond acceptors (Lipinski definition) is 2. The van der Waals surface area contributed by atoms with Crippen LogP contribution in [0.1, 0.15) is 50.2 Å². The molecule has 0 amide bonds. The maximum absolute atomic E-state index is 6.01. The monoisotopic (exact) mass is 246 g/mol. The van der Waals surface area contributed by atoms with Crippen molar-refractivity contribution < 1.29 is 0 Å². The van der Waals surface area contributed by atoms with E-state index in [0.717, 1.165) is 18.3 Å². The Hall–Kier alpha value is -1.02. The number of nitrogens with zero attached hydrogens (tertiary/aromatic N) is 1. The smallest absolute Gasteiger partial charge is 0.0346 e. The molecule has 100 valence electrons. The maximum Gasteiger partial charge on any atom is 0.0346 e. The van der Waals surface area contributed by atoms with Crippen LogP contribution in [0.25, 0.3) is 0 Å². The molecule has 0 radical (unpaired) electrons. The van der Waals surface area contributed by atoms with Gasteiger partial charge in [-0.25, -0.2) is 0 Å². The first-order valence-electron chi connectivity index (χ1n) is 7.30. The molecule has 18 heavy (non-hydrogen) atoms. The minimum absolute atomic E-state index is 0.758. The normalized spacial score (nSPS) is 21.8. The molecule has 1 saturated heterocycles. The molecule has 0 aromatic heterocycles. The quantitative estimate of drug-likeness (QED) is 0.823. The molecule has 1 atom stereocenters. The van der Waals surface area contributed by atoms with E-state index in [2.05, 4.69) is 30.9 Å². The van der Waals surface area contributed by atoms with Crippen molar-refractivity contribution in [1.29, 1.82) is 0 Å². The third kappa shape index (κ3) is 3.05. The summed E-state index contributed by atoms with van der Waals surface area (Å²) in [6, 6.07) is 7.06. The molecule has 2 nitrogen and oxygen atoms in total. The van der Waals surface area contributed by atoms with E-state index < -0.39 is 0 Å². The van der Waals surface area contributed by atoms with Crippen molar-refractivity contribution >= 4 is 5.69 Å². The van der Waals surface area contributed by atoms with Gasteiger partial charge in [0.15, 0.2) is 0 Å². The van der Waals surface area contributed by atoms with Crippen LogP contribution in [0.4, 0.5) is 5.69 Å². The van der Waals surface area contributed by atoms with Crippen LogP contribution in [0.15, 0.2) is 18.2 Å². The first-order valence-corrected chi connectivity index (χ1v) is 7.30. The SMILES string of the molecule is CCC1CCCCCN1Cc1cccc(N)c1C. The molecule has 2 rings (SSSR count). The Morgan fingerprint density at radius 1 is 1.28 bits per heavy atom. The van der Waals surface area contributed by atoms with Crippen molar-refractivity contribution in [2.45, 2.75) is 58.5 Å². The molecule has 0 aliphatic carbocycles. The fraction of sp³-hybridized carbons (Fsp3) is 0.625. The van der Waals surface area contributed by atoms with E-state index in [9.17, 15) is 0 Å². The standard InChI is InChI=1S/C16H26N2/c1-3-15-9-5-4-6-11-18(15)12-14-8-7-10-16(17)13(14)2/h7-8,10,15H,3-6,9,11-12,17H2,1-2H3. The van der Waals surface area contributed by atoms with Crippen molar-refractivity contribution in [3.8, 4) is 0 Å². The summed E-state index contributed by atoms with van der Waals surface area (Å²) >= 11 is 0. The number of hydrogen-bond donors (Lipinski definition) is 1. The Balaban J connectivity index is 2.12. The van der Waals surface area contributed by atoms with Gasteiger partial charge in [0, 0.05) is 18.3 Å². The zero-order valence-corrected chi connectivity index (χ0v) is 11.8. The van der Waals surface area contributed by atoms with Crippen molar-refractivity contribution in [3.05, 3.63) is 29.3 Å². The van der Waals surface area contributed by atoms with E-state index in [4.69, 9.17) is 5.73 Å². The van der Waals surface area contributed by atoms with Crippen molar-refractivity contribution in [1.82, 2.24) is 4.90 Å².